The normalized spacial score (nSPS) is 10.9. The van der Waals surface area contributed by atoms with Crippen LogP contribution in [-0.4, -0.2) is 27.1 Å². The summed E-state index contributed by atoms with van der Waals surface area (Å²) < 4.78 is 1.56. The first-order valence-electron chi connectivity index (χ1n) is 10.2. The summed E-state index contributed by atoms with van der Waals surface area (Å²) in [6.45, 7) is 2.34. The zero-order valence-electron chi connectivity index (χ0n) is 17.2. The fraction of sp³-hybridized carbons (Fsp3) is 0.160. The van der Waals surface area contributed by atoms with Gasteiger partial charge in [-0.25, -0.2) is 4.98 Å². The van der Waals surface area contributed by atoms with Crippen LogP contribution in [0.4, 0.5) is 0 Å². The highest BCUT2D eigenvalue weighted by Gasteiger charge is 2.11. The van der Waals surface area contributed by atoms with Crippen molar-refractivity contribution in [2.45, 2.75) is 19.8 Å². The van der Waals surface area contributed by atoms with Crippen molar-refractivity contribution in [3.8, 4) is 11.4 Å². The van der Waals surface area contributed by atoms with Gasteiger partial charge in [-0.05, 0) is 73.9 Å². The number of hydrogen-bond donors (Lipinski definition) is 2. The number of hydrogen-bond acceptors (Lipinski definition) is 4. The summed E-state index contributed by atoms with van der Waals surface area (Å²) in [4.78, 5) is 29.9. The summed E-state index contributed by atoms with van der Waals surface area (Å²) in [7, 11) is 0. The van der Waals surface area contributed by atoms with E-state index in [9.17, 15) is 14.7 Å². The van der Waals surface area contributed by atoms with Crippen LogP contribution in [0.1, 0.15) is 28.2 Å². The first-order valence-corrected chi connectivity index (χ1v) is 10.2. The number of para-hydroxylation sites is 1. The highest BCUT2D eigenvalue weighted by molar-refractivity contribution is 5.94. The molecule has 4 aromatic rings. The first-order chi connectivity index (χ1) is 15.0. The topological polar surface area (TPSA) is 84.2 Å². The molecule has 31 heavy (non-hydrogen) atoms. The summed E-state index contributed by atoms with van der Waals surface area (Å²) in [5.41, 5.74) is 2.86. The molecule has 4 rings (SSSR count). The molecule has 0 fully saturated rings. The van der Waals surface area contributed by atoms with Crippen LogP contribution < -0.4 is 10.9 Å². The van der Waals surface area contributed by atoms with Crippen LogP contribution in [0.25, 0.3) is 16.6 Å². The summed E-state index contributed by atoms with van der Waals surface area (Å²) in [6.07, 6.45) is 1.61. The van der Waals surface area contributed by atoms with Crippen LogP contribution in [-0.2, 0) is 6.42 Å². The molecule has 1 aromatic heterocycles. The Morgan fingerprint density at radius 2 is 1.71 bits per heavy atom. The smallest absolute Gasteiger partial charge is 0.265 e. The number of nitrogens with zero attached hydrogens (tertiary/aromatic N) is 2. The number of phenolic OH excluding ortho intramolecular Hbond substituents is 1. The van der Waals surface area contributed by atoms with Crippen molar-refractivity contribution in [1.29, 1.82) is 0 Å². The molecule has 1 amide bonds. The Morgan fingerprint density at radius 3 is 2.45 bits per heavy atom. The molecule has 0 aliphatic heterocycles. The number of aryl methyl sites for hydroxylation is 2. The van der Waals surface area contributed by atoms with E-state index in [4.69, 9.17) is 0 Å². The van der Waals surface area contributed by atoms with E-state index in [1.807, 2.05) is 30.3 Å². The Hall–Kier alpha value is -3.93. The van der Waals surface area contributed by atoms with Crippen molar-refractivity contribution in [2.75, 3.05) is 6.54 Å². The fourth-order valence-electron chi connectivity index (χ4n) is 3.57. The molecule has 0 spiro atoms. The average molecular weight is 413 g/mol. The summed E-state index contributed by atoms with van der Waals surface area (Å²) in [5.74, 6) is 0.686. The third-order valence-electron chi connectivity index (χ3n) is 5.20. The molecule has 0 aliphatic rings. The molecule has 0 saturated heterocycles. The lowest BCUT2D eigenvalue weighted by atomic mass is 10.1. The van der Waals surface area contributed by atoms with E-state index in [0.29, 0.717) is 34.5 Å². The van der Waals surface area contributed by atoms with Crippen molar-refractivity contribution in [2.24, 2.45) is 0 Å². The molecular formula is C25H23N3O3. The van der Waals surface area contributed by atoms with Gasteiger partial charge in [-0.1, -0.05) is 24.3 Å². The van der Waals surface area contributed by atoms with Crippen LogP contribution >= 0.6 is 0 Å². The maximum Gasteiger partial charge on any atom is 0.265 e. The Kier molecular flexibility index (Phi) is 5.80. The molecule has 0 radical (unpaired) electrons. The number of aromatic hydroxyl groups is 1. The highest BCUT2D eigenvalue weighted by atomic mass is 16.3. The van der Waals surface area contributed by atoms with Crippen molar-refractivity contribution in [3.05, 3.63) is 100 Å². The molecule has 0 unspecified atom stereocenters. The van der Waals surface area contributed by atoms with E-state index in [1.54, 1.807) is 54.0 Å². The molecular weight excluding hydrogens is 390 g/mol. The van der Waals surface area contributed by atoms with Gasteiger partial charge in [0.1, 0.15) is 11.6 Å². The van der Waals surface area contributed by atoms with Gasteiger partial charge < -0.3 is 10.4 Å². The lowest BCUT2D eigenvalue weighted by molar-refractivity contribution is 0.0953. The predicted molar refractivity (Wildman–Crippen MR) is 121 cm³/mol. The summed E-state index contributed by atoms with van der Waals surface area (Å²) in [6, 6.07) is 21.3. The van der Waals surface area contributed by atoms with E-state index in [2.05, 4.69) is 10.3 Å². The van der Waals surface area contributed by atoms with Gasteiger partial charge in [-0.15, -0.1) is 0 Å². The third kappa shape index (κ3) is 4.48. The van der Waals surface area contributed by atoms with Gasteiger partial charge in [0.15, 0.2) is 0 Å². The number of benzene rings is 3. The Labute approximate surface area is 179 Å². The SMILES string of the molecule is Cc1nc2ccccc2c(=O)n1-c1ccc(C(=O)NCCCc2ccc(O)cc2)cc1. The number of amides is 1. The van der Waals surface area contributed by atoms with E-state index < -0.39 is 0 Å². The second-order valence-electron chi connectivity index (χ2n) is 7.39. The summed E-state index contributed by atoms with van der Waals surface area (Å²) in [5, 5.41) is 12.8. The van der Waals surface area contributed by atoms with Crippen LogP contribution in [0.5, 0.6) is 5.75 Å². The largest absolute Gasteiger partial charge is 0.508 e. The second kappa shape index (κ2) is 8.83. The van der Waals surface area contributed by atoms with Crippen molar-refractivity contribution >= 4 is 16.8 Å². The standard InChI is InChI=1S/C25H23N3O3/c1-17-27-23-7-3-2-6-22(23)25(31)28(17)20-12-10-19(11-13-20)24(30)26-16-4-5-18-8-14-21(29)15-9-18/h2-3,6-15,29H,4-5,16H2,1H3,(H,26,30). The monoisotopic (exact) mass is 413 g/mol. The zero-order chi connectivity index (χ0) is 21.8. The maximum absolute atomic E-state index is 12.9. The molecule has 0 atom stereocenters. The predicted octanol–water partition coefficient (Wildman–Crippen LogP) is 3.76. The number of nitrogens with one attached hydrogen (secondary N) is 1. The van der Waals surface area contributed by atoms with Crippen LogP contribution in [0, 0.1) is 6.92 Å². The van der Waals surface area contributed by atoms with Gasteiger partial charge in [0, 0.05) is 12.1 Å². The van der Waals surface area contributed by atoms with Gasteiger partial charge in [-0.3, -0.25) is 14.2 Å². The number of aromatic nitrogens is 2. The molecule has 156 valence electrons. The Morgan fingerprint density at radius 1 is 1.00 bits per heavy atom. The number of rotatable bonds is 6. The molecule has 6 nitrogen and oxygen atoms in total. The average Bonchev–Trinajstić information content (AvgIpc) is 2.78. The van der Waals surface area contributed by atoms with Gasteiger partial charge in [0.25, 0.3) is 11.5 Å². The van der Waals surface area contributed by atoms with Crippen LogP contribution in [0.15, 0.2) is 77.6 Å². The van der Waals surface area contributed by atoms with Gasteiger partial charge in [0.05, 0.1) is 16.6 Å². The lowest BCUT2D eigenvalue weighted by Gasteiger charge is -2.11. The van der Waals surface area contributed by atoms with E-state index >= 15 is 0 Å². The maximum atomic E-state index is 12.9. The second-order valence-corrected chi connectivity index (χ2v) is 7.39. The highest BCUT2D eigenvalue weighted by Crippen LogP contribution is 2.14. The molecule has 0 bridgehead atoms. The van der Waals surface area contributed by atoms with Crippen molar-refractivity contribution < 1.29 is 9.90 Å². The number of carbonyl (C=O) groups excluding carboxylic acids is 1. The van der Waals surface area contributed by atoms with Crippen LogP contribution in [0.2, 0.25) is 0 Å². The Balaban J connectivity index is 1.42. The van der Waals surface area contributed by atoms with Gasteiger partial charge in [-0.2, -0.15) is 0 Å². The minimum Gasteiger partial charge on any atom is -0.508 e. The quantitative estimate of drug-likeness (QED) is 0.472. The zero-order valence-corrected chi connectivity index (χ0v) is 17.2. The van der Waals surface area contributed by atoms with E-state index in [1.165, 1.54) is 0 Å². The first kappa shape index (κ1) is 20.3. The molecule has 2 N–H and O–H groups in total. The minimum absolute atomic E-state index is 0.130. The number of carbonyl (C=O) groups is 1. The van der Waals surface area contributed by atoms with Crippen molar-refractivity contribution in [3.63, 3.8) is 0 Å². The Bertz CT molecular complexity index is 1280. The minimum atomic E-state index is -0.155. The number of phenols is 1. The molecule has 0 aliphatic carbocycles. The lowest BCUT2D eigenvalue weighted by Crippen LogP contribution is -2.25. The molecule has 0 saturated carbocycles. The summed E-state index contributed by atoms with van der Waals surface area (Å²) >= 11 is 0. The van der Waals surface area contributed by atoms with E-state index in [0.717, 1.165) is 18.4 Å². The van der Waals surface area contributed by atoms with Gasteiger partial charge >= 0.3 is 0 Å². The molecule has 3 aromatic carbocycles. The van der Waals surface area contributed by atoms with Gasteiger partial charge in [0.2, 0.25) is 0 Å². The van der Waals surface area contributed by atoms with E-state index in [-0.39, 0.29) is 17.2 Å². The van der Waals surface area contributed by atoms with Crippen molar-refractivity contribution in [1.82, 2.24) is 14.9 Å². The molecule has 6 heteroatoms. The molecule has 1 heterocycles. The fourth-order valence-corrected chi connectivity index (χ4v) is 3.57. The third-order valence-corrected chi connectivity index (χ3v) is 5.20. The number of fused-ring (bicyclic) bond motifs is 1. The van der Waals surface area contributed by atoms with Crippen LogP contribution in [0.3, 0.4) is 0 Å².